The molecule has 2 fully saturated rings. The fourth-order valence-electron chi connectivity index (χ4n) is 3.18. The van der Waals surface area contributed by atoms with Crippen molar-refractivity contribution < 1.29 is 4.74 Å². The van der Waals surface area contributed by atoms with Gasteiger partial charge in [-0.1, -0.05) is 33.1 Å². The van der Waals surface area contributed by atoms with Gasteiger partial charge in [-0.3, -0.25) is 0 Å². The van der Waals surface area contributed by atoms with E-state index in [0.717, 1.165) is 25.2 Å². The summed E-state index contributed by atoms with van der Waals surface area (Å²) in [5, 5.41) is 3.77. The minimum atomic E-state index is 0.554. The molecule has 0 saturated heterocycles. The normalized spacial score (nSPS) is 22.9. The molecule has 0 unspecified atom stereocenters. The first-order chi connectivity index (χ1) is 9.20. The monoisotopic (exact) mass is 267 g/mol. The van der Waals surface area contributed by atoms with Gasteiger partial charge in [0.25, 0.3) is 0 Å². The van der Waals surface area contributed by atoms with Gasteiger partial charge in [0.1, 0.15) is 0 Å². The average Bonchev–Trinajstić information content (AvgIpc) is 3.21. The first-order valence-electron chi connectivity index (χ1n) is 8.51. The number of nitrogens with one attached hydrogen (secondary N) is 1. The van der Waals surface area contributed by atoms with E-state index in [2.05, 4.69) is 19.2 Å². The van der Waals surface area contributed by atoms with Gasteiger partial charge >= 0.3 is 0 Å². The molecule has 0 spiro atoms. The lowest BCUT2D eigenvalue weighted by Gasteiger charge is -2.38. The lowest BCUT2D eigenvalue weighted by molar-refractivity contribution is 0.0678. The third-order valence-electron chi connectivity index (χ3n) is 4.87. The maximum Gasteiger partial charge on any atom is 0.0471 e. The molecule has 1 N–H and O–H groups in total. The summed E-state index contributed by atoms with van der Waals surface area (Å²) in [6.07, 6.45) is 12.4. The van der Waals surface area contributed by atoms with E-state index in [0.29, 0.717) is 5.41 Å². The second kappa shape index (κ2) is 7.64. The van der Waals surface area contributed by atoms with E-state index < -0.39 is 0 Å². The van der Waals surface area contributed by atoms with Crippen LogP contribution in [0, 0.1) is 11.3 Å². The molecule has 0 amide bonds. The number of hydrogen-bond donors (Lipinski definition) is 1. The SMILES string of the molecule is CC(C)CCOCCC1(CNC2CC2)CCCCC1. The van der Waals surface area contributed by atoms with Crippen molar-refractivity contribution in [2.45, 2.75) is 77.7 Å². The number of rotatable bonds is 9. The van der Waals surface area contributed by atoms with Crippen molar-refractivity contribution in [3.63, 3.8) is 0 Å². The molecule has 0 aliphatic heterocycles. The molecule has 19 heavy (non-hydrogen) atoms. The van der Waals surface area contributed by atoms with E-state index in [9.17, 15) is 0 Å². The fourth-order valence-corrected chi connectivity index (χ4v) is 3.18. The van der Waals surface area contributed by atoms with Crippen molar-refractivity contribution in [1.29, 1.82) is 0 Å². The summed E-state index contributed by atoms with van der Waals surface area (Å²) >= 11 is 0. The Balaban J connectivity index is 1.66. The summed E-state index contributed by atoms with van der Waals surface area (Å²) in [5.41, 5.74) is 0.554. The molecule has 2 rings (SSSR count). The van der Waals surface area contributed by atoms with Gasteiger partial charge in [0, 0.05) is 25.8 Å². The van der Waals surface area contributed by atoms with E-state index in [1.165, 1.54) is 64.3 Å². The molecule has 2 heteroatoms. The highest BCUT2D eigenvalue weighted by molar-refractivity contribution is 4.89. The Kier molecular flexibility index (Phi) is 6.15. The molecule has 0 radical (unpaired) electrons. The zero-order chi connectivity index (χ0) is 13.6. The Bertz CT molecular complexity index is 242. The van der Waals surface area contributed by atoms with E-state index in [1.54, 1.807) is 0 Å². The highest BCUT2D eigenvalue weighted by Gasteiger charge is 2.33. The Morgan fingerprint density at radius 3 is 2.47 bits per heavy atom. The molecule has 0 aromatic rings. The molecule has 0 atom stereocenters. The van der Waals surface area contributed by atoms with Crippen LogP contribution in [0.5, 0.6) is 0 Å². The van der Waals surface area contributed by atoms with Gasteiger partial charge in [0.15, 0.2) is 0 Å². The molecule has 2 saturated carbocycles. The Labute approximate surface area is 119 Å². The van der Waals surface area contributed by atoms with Crippen LogP contribution in [-0.4, -0.2) is 25.8 Å². The van der Waals surface area contributed by atoms with Crippen LogP contribution in [0.15, 0.2) is 0 Å². The van der Waals surface area contributed by atoms with Crippen molar-refractivity contribution in [2.24, 2.45) is 11.3 Å². The molecular weight excluding hydrogens is 234 g/mol. The predicted molar refractivity (Wildman–Crippen MR) is 81.4 cm³/mol. The van der Waals surface area contributed by atoms with E-state index >= 15 is 0 Å². The van der Waals surface area contributed by atoms with Crippen molar-refractivity contribution in [3.05, 3.63) is 0 Å². The maximum atomic E-state index is 5.87. The van der Waals surface area contributed by atoms with Gasteiger partial charge in [-0.05, 0) is 49.9 Å². The molecule has 0 bridgehead atoms. The zero-order valence-corrected chi connectivity index (χ0v) is 13.0. The highest BCUT2D eigenvalue weighted by Crippen LogP contribution is 2.39. The molecule has 0 aromatic carbocycles. The lowest BCUT2D eigenvalue weighted by Crippen LogP contribution is -2.38. The second-order valence-corrected chi connectivity index (χ2v) is 7.26. The quantitative estimate of drug-likeness (QED) is 0.634. The van der Waals surface area contributed by atoms with E-state index in [-0.39, 0.29) is 0 Å². The molecular formula is C17H33NO. The molecule has 2 aliphatic carbocycles. The molecule has 0 heterocycles. The highest BCUT2D eigenvalue weighted by atomic mass is 16.5. The molecule has 2 aliphatic rings. The molecule has 2 nitrogen and oxygen atoms in total. The Morgan fingerprint density at radius 1 is 1.11 bits per heavy atom. The van der Waals surface area contributed by atoms with Crippen LogP contribution in [0.4, 0.5) is 0 Å². The summed E-state index contributed by atoms with van der Waals surface area (Å²) in [6.45, 7) is 7.70. The maximum absolute atomic E-state index is 5.87. The van der Waals surface area contributed by atoms with Crippen LogP contribution in [0.25, 0.3) is 0 Å². The number of hydrogen-bond acceptors (Lipinski definition) is 2. The fraction of sp³-hybridized carbons (Fsp3) is 1.00. The Hall–Kier alpha value is -0.0800. The van der Waals surface area contributed by atoms with Gasteiger partial charge in [-0.2, -0.15) is 0 Å². The minimum absolute atomic E-state index is 0.554. The van der Waals surface area contributed by atoms with Gasteiger partial charge < -0.3 is 10.1 Å². The predicted octanol–water partition coefficient (Wildman–Crippen LogP) is 4.14. The van der Waals surface area contributed by atoms with Crippen LogP contribution in [0.2, 0.25) is 0 Å². The van der Waals surface area contributed by atoms with Crippen LogP contribution < -0.4 is 5.32 Å². The third-order valence-corrected chi connectivity index (χ3v) is 4.87. The smallest absolute Gasteiger partial charge is 0.0471 e. The summed E-state index contributed by atoms with van der Waals surface area (Å²) in [4.78, 5) is 0. The largest absolute Gasteiger partial charge is 0.381 e. The van der Waals surface area contributed by atoms with Gasteiger partial charge in [-0.25, -0.2) is 0 Å². The zero-order valence-electron chi connectivity index (χ0n) is 13.0. The van der Waals surface area contributed by atoms with Crippen LogP contribution >= 0.6 is 0 Å². The minimum Gasteiger partial charge on any atom is -0.381 e. The average molecular weight is 267 g/mol. The standard InChI is InChI=1S/C17H33NO/c1-15(2)8-12-19-13-11-17(9-4-3-5-10-17)14-18-16-6-7-16/h15-16,18H,3-14H2,1-2H3. The summed E-state index contributed by atoms with van der Waals surface area (Å²) in [7, 11) is 0. The topological polar surface area (TPSA) is 21.3 Å². The van der Waals surface area contributed by atoms with Crippen molar-refractivity contribution in [3.8, 4) is 0 Å². The number of ether oxygens (including phenoxy) is 1. The summed E-state index contributed by atoms with van der Waals surface area (Å²) in [6, 6.07) is 0.848. The molecule has 112 valence electrons. The van der Waals surface area contributed by atoms with Crippen molar-refractivity contribution in [2.75, 3.05) is 19.8 Å². The lowest BCUT2D eigenvalue weighted by atomic mass is 9.72. The van der Waals surface area contributed by atoms with Crippen LogP contribution in [0.1, 0.15) is 71.6 Å². The van der Waals surface area contributed by atoms with Crippen LogP contribution in [-0.2, 0) is 4.74 Å². The van der Waals surface area contributed by atoms with E-state index in [1.807, 2.05) is 0 Å². The van der Waals surface area contributed by atoms with Gasteiger partial charge in [0.2, 0.25) is 0 Å². The summed E-state index contributed by atoms with van der Waals surface area (Å²) in [5.74, 6) is 0.764. The van der Waals surface area contributed by atoms with Gasteiger partial charge in [-0.15, -0.1) is 0 Å². The van der Waals surface area contributed by atoms with Crippen LogP contribution in [0.3, 0.4) is 0 Å². The third kappa shape index (κ3) is 5.83. The van der Waals surface area contributed by atoms with Gasteiger partial charge in [0.05, 0.1) is 0 Å². The second-order valence-electron chi connectivity index (χ2n) is 7.26. The first-order valence-corrected chi connectivity index (χ1v) is 8.51. The van der Waals surface area contributed by atoms with Crippen molar-refractivity contribution >= 4 is 0 Å². The van der Waals surface area contributed by atoms with Crippen molar-refractivity contribution in [1.82, 2.24) is 5.32 Å². The molecule has 0 aromatic heterocycles. The van der Waals surface area contributed by atoms with E-state index in [4.69, 9.17) is 4.74 Å². The first kappa shape index (κ1) is 15.3. The Morgan fingerprint density at radius 2 is 1.84 bits per heavy atom. The summed E-state index contributed by atoms with van der Waals surface area (Å²) < 4.78 is 5.87.